The number of hydrogen-bond donors (Lipinski definition) is 3. The Hall–Kier alpha value is -2.57. The van der Waals surface area contributed by atoms with Crippen LogP contribution in [0, 0.1) is 5.92 Å². The Morgan fingerprint density at radius 3 is 2.17 bits per heavy atom. The first-order valence-electron chi connectivity index (χ1n) is 9.54. The van der Waals surface area contributed by atoms with E-state index in [0.29, 0.717) is 16.9 Å². The molecule has 0 radical (unpaired) electrons. The Bertz CT molecular complexity index is 835. The minimum atomic E-state index is -0.472. The number of halogens is 1. The molecule has 2 atom stereocenters. The van der Waals surface area contributed by atoms with Gasteiger partial charge in [-0.2, -0.15) is 0 Å². The third-order valence-electron chi connectivity index (χ3n) is 5.33. The molecule has 29 heavy (non-hydrogen) atoms. The van der Waals surface area contributed by atoms with Crippen molar-refractivity contribution >= 4 is 35.6 Å². The summed E-state index contributed by atoms with van der Waals surface area (Å²) in [6, 6.07) is 14.0. The maximum atomic E-state index is 12.6. The maximum absolute atomic E-state index is 12.6. The van der Waals surface area contributed by atoms with E-state index in [1.165, 1.54) is 0 Å². The summed E-state index contributed by atoms with van der Waals surface area (Å²) in [4.78, 5) is 25.0. The fourth-order valence-corrected chi connectivity index (χ4v) is 3.60. The molecule has 0 saturated heterocycles. The van der Waals surface area contributed by atoms with Crippen molar-refractivity contribution in [3.05, 3.63) is 54.1 Å². The summed E-state index contributed by atoms with van der Waals surface area (Å²) in [5.74, 6) is 0.258. The molecule has 0 spiro atoms. The highest BCUT2D eigenvalue weighted by atomic mass is 35.5. The number of anilines is 2. The van der Waals surface area contributed by atoms with Gasteiger partial charge in [-0.05, 0) is 68.3 Å². The Morgan fingerprint density at radius 1 is 1.00 bits per heavy atom. The molecule has 1 saturated carbocycles. The number of amides is 2. The van der Waals surface area contributed by atoms with Crippen LogP contribution in [0.15, 0.2) is 48.5 Å². The summed E-state index contributed by atoms with van der Waals surface area (Å²) in [6.07, 6.45) is 3.75. The van der Waals surface area contributed by atoms with Gasteiger partial charge < -0.3 is 21.1 Å². The van der Waals surface area contributed by atoms with Gasteiger partial charge >= 0.3 is 0 Å². The minimum Gasteiger partial charge on any atom is -0.497 e. The molecule has 1 aliphatic carbocycles. The topological polar surface area (TPSA) is 93.5 Å². The molecule has 2 aromatic carbocycles. The van der Waals surface area contributed by atoms with Gasteiger partial charge in [0.15, 0.2) is 0 Å². The molecular formula is C22H28ClN3O3. The SMILES string of the molecule is COc1ccc(NC(=O)c2ccc(NC(=O)C3CCCCC3(C)N)cc2)cc1.Cl. The van der Waals surface area contributed by atoms with Gasteiger partial charge in [-0.15, -0.1) is 12.4 Å². The largest absolute Gasteiger partial charge is 0.497 e. The van der Waals surface area contributed by atoms with Crippen molar-refractivity contribution in [2.45, 2.75) is 38.1 Å². The van der Waals surface area contributed by atoms with Crippen LogP contribution in [-0.4, -0.2) is 24.5 Å². The lowest BCUT2D eigenvalue weighted by molar-refractivity contribution is -0.122. The molecule has 2 amide bonds. The van der Waals surface area contributed by atoms with Crippen LogP contribution >= 0.6 is 12.4 Å². The average Bonchev–Trinajstić information content (AvgIpc) is 2.68. The van der Waals surface area contributed by atoms with Crippen molar-refractivity contribution in [2.75, 3.05) is 17.7 Å². The van der Waals surface area contributed by atoms with Gasteiger partial charge in [0, 0.05) is 22.5 Å². The smallest absolute Gasteiger partial charge is 0.255 e. The number of rotatable bonds is 5. The number of benzene rings is 2. The number of methoxy groups -OCH3 is 1. The molecule has 1 aliphatic rings. The minimum absolute atomic E-state index is 0. The molecule has 0 aliphatic heterocycles. The van der Waals surface area contributed by atoms with Crippen molar-refractivity contribution in [1.29, 1.82) is 0 Å². The molecule has 7 heteroatoms. The molecule has 6 nitrogen and oxygen atoms in total. The number of hydrogen-bond acceptors (Lipinski definition) is 4. The van der Waals surface area contributed by atoms with E-state index in [9.17, 15) is 9.59 Å². The van der Waals surface area contributed by atoms with Crippen LogP contribution in [0.2, 0.25) is 0 Å². The molecule has 0 aromatic heterocycles. The highest BCUT2D eigenvalue weighted by molar-refractivity contribution is 6.04. The van der Waals surface area contributed by atoms with Crippen molar-refractivity contribution in [3.63, 3.8) is 0 Å². The van der Waals surface area contributed by atoms with Crippen molar-refractivity contribution < 1.29 is 14.3 Å². The predicted octanol–water partition coefficient (Wildman–Crippen LogP) is 4.22. The molecule has 2 aromatic rings. The van der Waals surface area contributed by atoms with Gasteiger partial charge in [-0.3, -0.25) is 9.59 Å². The summed E-state index contributed by atoms with van der Waals surface area (Å²) in [7, 11) is 1.59. The van der Waals surface area contributed by atoms with Gasteiger partial charge in [0.1, 0.15) is 5.75 Å². The molecule has 4 N–H and O–H groups in total. The first-order valence-corrected chi connectivity index (χ1v) is 9.54. The van der Waals surface area contributed by atoms with Gasteiger partial charge in [-0.25, -0.2) is 0 Å². The molecular weight excluding hydrogens is 390 g/mol. The fraction of sp³-hybridized carbons (Fsp3) is 0.364. The molecule has 1 fully saturated rings. The second-order valence-corrected chi connectivity index (χ2v) is 7.55. The Labute approximate surface area is 177 Å². The van der Waals surface area contributed by atoms with Gasteiger partial charge in [-0.1, -0.05) is 12.8 Å². The van der Waals surface area contributed by atoms with E-state index in [1.54, 1.807) is 55.6 Å². The van der Waals surface area contributed by atoms with E-state index in [2.05, 4.69) is 10.6 Å². The number of nitrogens with one attached hydrogen (secondary N) is 2. The lowest BCUT2D eigenvalue weighted by atomic mass is 9.74. The molecule has 156 valence electrons. The molecule has 3 rings (SSSR count). The number of ether oxygens (including phenoxy) is 1. The second-order valence-electron chi connectivity index (χ2n) is 7.55. The van der Waals surface area contributed by atoms with Crippen LogP contribution in [0.25, 0.3) is 0 Å². The van der Waals surface area contributed by atoms with E-state index in [0.717, 1.165) is 31.4 Å². The van der Waals surface area contributed by atoms with Gasteiger partial charge in [0.05, 0.1) is 13.0 Å². The van der Waals surface area contributed by atoms with Crippen LogP contribution in [0.5, 0.6) is 5.75 Å². The third-order valence-corrected chi connectivity index (χ3v) is 5.33. The summed E-state index contributed by atoms with van der Waals surface area (Å²) in [6.45, 7) is 1.95. The number of nitrogens with two attached hydrogens (primary N) is 1. The van der Waals surface area contributed by atoms with Crippen molar-refractivity contribution in [3.8, 4) is 5.75 Å². The van der Waals surface area contributed by atoms with Gasteiger partial charge in [0.2, 0.25) is 5.91 Å². The Morgan fingerprint density at radius 2 is 1.59 bits per heavy atom. The van der Waals surface area contributed by atoms with Crippen LogP contribution < -0.4 is 21.1 Å². The summed E-state index contributed by atoms with van der Waals surface area (Å²) in [5.41, 5.74) is 7.69. The molecule has 2 unspecified atom stereocenters. The second kappa shape index (κ2) is 9.76. The first-order chi connectivity index (χ1) is 13.4. The van der Waals surface area contributed by atoms with E-state index in [-0.39, 0.29) is 30.1 Å². The predicted molar refractivity (Wildman–Crippen MR) is 118 cm³/mol. The zero-order valence-corrected chi connectivity index (χ0v) is 17.6. The van der Waals surface area contributed by atoms with Crippen molar-refractivity contribution in [2.24, 2.45) is 11.7 Å². The molecule has 0 heterocycles. The average molecular weight is 418 g/mol. The highest BCUT2D eigenvalue weighted by Gasteiger charge is 2.37. The normalized spacial score (nSPS) is 20.9. The maximum Gasteiger partial charge on any atom is 0.255 e. The quantitative estimate of drug-likeness (QED) is 0.679. The van der Waals surface area contributed by atoms with E-state index in [4.69, 9.17) is 10.5 Å². The number of carbonyl (C=O) groups excluding carboxylic acids is 2. The fourth-order valence-electron chi connectivity index (χ4n) is 3.60. The van der Waals surface area contributed by atoms with E-state index >= 15 is 0 Å². The van der Waals surface area contributed by atoms with Crippen LogP contribution in [0.4, 0.5) is 11.4 Å². The lowest BCUT2D eigenvalue weighted by Crippen LogP contribution is -2.51. The monoisotopic (exact) mass is 417 g/mol. The first kappa shape index (κ1) is 22.7. The zero-order chi connectivity index (χ0) is 20.1. The van der Waals surface area contributed by atoms with E-state index < -0.39 is 5.54 Å². The number of carbonyl (C=O) groups is 2. The highest BCUT2D eigenvalue weighted by Crippen LogP contribution is 2.32. The standard InChI is InChI=1S/C22H27N3O3.ClH/c1-22(23)14-4-3-5-19(22)21(27)25-16-8-6-15(7-9-16)20(26)24-17-10-12-18(28-2)13-11-17;/h6-13,19H,3-5,14,23H2,1-2H3,(H,24,26)(H,25,27);1H. The zero-order valence-electron chi connectivity index (χ0n) is 16.7. The van der Waals surface area contributed by atoms with Crippen LogP contribution in [-0.2, 0) is 4.79 Å². The molecule has 0 bridgehead atoms. The Balaban J connectivity index is 0.00000300. The van der Waals surface area contributed by atoms with Crippen LogP contribution in [0.1, 0.15) is 43.0 Å². The summed E-state index contributed by atoms with van der Waals surface area (Å²) < 4.78 is 5.11. The third kappa shape index (κ3) is 5.71. The van der Waals surface area contributed by atoms with E-state index in [1.807, 2.05) is 6.92 Å². The lowest BCUT2D eigenvalue weighted by Gasteiger charge is -2.37. The van der Waals surface area contributed by atoms with Crippen molar-refractivity contribution in [1.82, 2.24) is 0 Å². The Kier molecular flexibility index (Phi) is 7.65. The van der Waals surface area contributed by atoms with Gasteiger partial charge in [0.25, 0.3) is 5.91 Å². The van der Waals surface area contributed by atoms with Crippen LogP contribution in [0.3, 0.4) is 0 Å². The summed E-state index contributed by atoms with van der Waals surface area (Å²) >= 11 is 0. The summed E-state index contributed by atoms with van der Waals surface area (Å²) in [5, 5.41) is 5.77.